The Labute approximate surface area is 96.9 Å². The first-order valence-corrected chi connectivity index (χ1v) is 5.62. The summed E-state index contributed by atoms with van der Waals surface area (Å²) in [5.41, 5.74) is 1.97. The first-order chi connectivity index (χ1) is 7.63. The van der Waals surface area contributed by atoms with E-state index >= 15 is 0 Å². The predicted octanol–water partition coefficient (Wildman–Crippen LogP) is 3.37. The zero-order valence-electron chi connectivity index (χ0n) is 9.86. The second-order valence-electron chi connectivity index (χ2n) is 4.38. The van der Waals surface area contributed by atoms with Gasteiger partial charge < -0.3 is 0 Å². The Hall–Kier alpha value is -1.62. The van der Waals surface area contributed by atoms with Crippen LogP contribution in [0.1, 0.15) is 42.6 Å². The Morgan fingerprint density at radius 3 is 2.44 bits per heavy atom. The Bertz CT molecular complexity index is 384. The van der Waals surface area contributed by atoms with Gasteiger partial charge in [0.25, 0.3) is 0 Å². The minimum absolute atomic E-state index is 0.0534. The fraction of sp³-hybridized carbons (Fsp3) is 0.429. The van der Waals surface area contributed by atoms with Crippen molar-refractivity contribution in [3.05, 3.63) is 35.4 Å². The molecule has 0 aliphatic heterocycles. The molecule has 0 spiro atoms. The molecule has 84 valence electrons. The van der Waals surface area contributed by atoms with Crippen LogP contribution in [0.15, 0.2) is 24.3 Å². The third kappa shape index (κ3) is 3.86. The van der Waals surface area contributed by atoms with Gasteiger partial charge in [-0.2, -0.15) is 5.26 Å². The van der Waals surface area contributed by atoms with Crippen LogP contribution in [0.25, 0.3) is 0 Å². The van der Waals surface area contributed by atoms with Crippen molar-refractivity contribution in [2.45, 2.75) is 33.1 Å². The second-order valence-corrected chi connectivity index (χ2v) is 4.38. The molecule has 0 saturated heterocycles. The van der Waals surface area contributed by atoms with E-state index in [2.05, 4.69) is 13.8 Å². The van der Waals surface area contributed by atoms with Crippen LogP contribution >= 0.6 is 0 Å². The number of ketones is 1. The highest BCUT2D eigenvalue weighted by Gasteiger charge is 2.05. The van der Waals surface area contributed by atoms with E-state index in [1.54, 1.807) is 0 Å². The number of hydrogen-bond acceptors (Lipinski definition) is 2. The van der Waals surface area contributed by atoms with E-state index in [0.717, 1.165) is 6.42 Å². The Kier molecular flexibility index (Phi) is 4.72. The number of rotatable bonds is 5. The zero-order chi connectivity index (χ0) is 12.0. The van der Waals surface area contributed by atoms with Gasteiger partial charge in [0, 0.05) is 18.4 Å². The molecule has 0 aliphatic carbocycles. The summed E-state index contributed by atoms with van der Waals surface area (Å²) < 4.78 is 0. The number of benzene rings is 1. The normalized spacial score (nSPS) is 10.1. The van der Waals surface area contributed by atoms with Crippen LogP contribution in [0.3, 0.4) is 0 Å². The molecule has 2 nitrogen and oxygen atoms in total. The average molecular weight is 215 g/mol. The molecular formula is C14H17NO. The van der Waals surface area contributed by atoms with E-state index in [9.17, 15) is 4.79 Å². The monoisotopic (exact) mass is 215 g/mol. The second kappa shape index (κ2) is 6.07. The lowest BCUT2D eigenvalue weighted by molar-refractivity contribution is 0.0984. The van der Waals surface area contributed by atoms with E-state index < -0.39 is 0 Å². The maximum atomic E-state index is 11.6. The Balaban J connectivity index is 2.64. The van der Waals surface area contributed by atoms with Crippen LogP contribution in [-0.2, 0) is 6.42 Å². The Morgan fingerprint density at radius 2 is 1.94 bits per heavy atom. The highest BCUT2D eigenvalue weighted by atomic mass is 16.1. The number of carbonyl (C=O) groups is 1. The van der Waals surface area contributed by atoms with Crippen molar-refractivity contribution < 1.29 is 4.79 Å². The summed E-state index contributed by atoms with van der Waals surface area (Å²) in [6, 6.07) is 9.70. The van der Waals surface area contributed by atoms with Gasteiger partial charge in [-0.05, 0) is 17.9 Å². The van der Waals surface area contributed by atoms with Gasteiger partial charge in [0.15, 0.2) is 5.78 Å². The van der Waals surface area contributed by atoms with Crippen LogP contribution in [0, 0.1) is 17.2 Å². The molecule has 1 aromatic carbocycles. The fourth-order valence-electron chi connectivity index (χ4n) is 1.61. The molecule has 0 radical (unpaired) electrons. The lowest BCUT2D eigenvalue weighted by Gasteiger charge is -2.05. The predicted molar refractivity (Wildman–Crippen MR) is 64.2 cm³/mol. The molecule has 0 atom stereocenters. The van der Waals surface area contributed by atoms with Crippen molar-refractivity contribution in [2.75, 3.05) is 0 Å². The number of nitriles is 1. The van der Waals surface area contributed by atoms with Crippen molar-refractivity contribution in [3.8, 4) is 6.07 Å². The molecule has 0 unspecified atom stereocenters. The van der Waals surface area contributed by atoms with Crippen molar-refractivity contribution in [2.24, 2.45) is 5.92 Å². The van der Waals surface area contributed by atoms with E-state index in [1.807, 2.05) is 30.3 Å². The largest absolute Gasteiger partial charge is 0.294 e. The van der Waals surface area contributed by atoms with Gasteiger partial charge in [0.1, 0.15) is 0 Å². The molecule has 0 bridgehead atoms. The molecule has 2 heteroatoms. The summed E-state index contributed by atoms with van der Waals surface area (Å²) in [6.07, 6.45) is 1.65. The van der Waals surface area contributed by atoms with Crippen molar-refractivity contribution in [1.29, 1.82) is 5.26 Å². The van der Waals surface area contributed by atoms with Gasteiger partial charge >= 0.3 is 0 Å². The van der Waals surface area contributed by atoms with Crippen LogP contribution in [0.2, 0.25) is 0 Å². The van der Waals surface area contributed by atoms with Gasteiger partial charge in [-0.1, -0.05) is 38.1 Å². The number of Topliss-reactive ketones (excluding diaryl/α,β-unsaturated/α-hetero) is 1. The van der Waals surface area contributed by atoms with Crippen molar-refractivity contribution in [3.63, 3.8) is 0 Å². The number of carbonyl (C=O) groups excluding carboxylic acids is 1. The van der Waals surface area contributed by atoms with Gasteiger partial charge in [-0.3, -0.25) is 4.79 Å². The van der Waals surface area contributed by atoms with Gasteiger partial charge in [0.05, 0.1) is 6.07 Å². The van der Waals surface area contributed by atoms with Crippen molar-refractivity contribution >= 4 is 5.78 Å². The first kappa shape index (κ1) is 12.4. The smallest absolute Gasteiger partial charge is 0.163 e. The molecule has 0 heterocycles. The molecule has 0 aliphatic rings. The third-order valence-electron chi connectivity index (χ3n) is 2.38. The lowest BCUT2D eigenvalue weighted by atomic mass is 10.00. The van der Waals surface area contributed by atoms with E-state index in [0.29, 0.717) is 24.3 Å². The van der Waals surface area contributed by atoms with Crippen LogP contribution in [-0.4, -0.2) is 5.78 Å². The van der Waals surface area contributed by atoms with Gasteiger partial charge in [-0.15, -0.1) is 0 Å². The Morgan fingerprint density at radius 1 is 1.31 bits per heavy atom. The third-order valence-corrected chi connectivity index (χ3v) is 2.38. The maximum Gasteiger partial charge on any atom is 0.163 e. The van der Waals surface area contributed by atoms with Crippen LogP contribution in [0.5, 0.6) is 0 Å². The van der Waals surface area contributed by atoms with Crippen LogP contribution in [0.4, 0.5) is 0 Å². The molecule has 0 N–H and O–H groups in total. The van der Waals surface area contributed by atoms with E-state index in [-0.39, 0.29) is 5.78 Å². The molecule has 1 rings (SSSR count). The van der Waals surface area contributed by atoms with Gasteiger partial charge in [0.2, 0.25) is 0 Å². The molecule has 0 fully saturated rings. The fourth-order valence-corrected chi connectivity index (χ4v) is 1.61. The summed E-state index contributed by atoms with van der Waals surface area (Å²) in [7, 11) is 0. The highest BCUT2D eigenvalue weighted by Crippen LogP contribution is 2.11. The summed E-state index contributed by atoms with van der Waals surface area (Å²) >= 11 is 0. The molecule has 0 saturated carbocycles. The van der Waals surface area contributed by atoms with Crippen LogP contribution < -0.4 is 0 Å². The minimum Gasteiger partial charge on any atom is -0.294 e. The number of nitrogens with zero attached hydrogens (tertiary/aromatic N) is 1. The minimum atomic E-state index is 0.0534. The molecule has 16 heavy (non-hydrogen) atoms. The maximum absolute atomic E-state index is 11.6. The summed E-state index contributed by atoms with van der Waals surface area (Å²) in [5, 5.41) is 8.40. The summed E-state index contributed by atoms with van der Waals surface area (Å²) in [4.78, 5) is 11.6. The van der Waals surface area contributed by atoms with Gasteiger partial charge in [-0.25, -0.2) is 0 Å². The quantitative estimate of drug-likeness (QED) is 0.706. The van der Waals surface area contributed by atoms with E-state index in [4.69, 9.17) is 5.26 Å². The number of hydrogen-bond donors (Lipinski definition) is 0. The zero-order valence-corrected chi connectivity index (χ0v) is 9.86. The first-order valence-electron chi connectivity index (χ1n) is 5.62. The summed E-state index contributed by atoms with van der Waals surface area (Å²) in [6.45, 7) is 4.35. The van der Waals surface area contributed by atoms with E-state index in [1.165, 1.54) is 5.56 Å². The molecule has 0 amide bonds. The topological polar surface area (TPSA) is 40.9 Å². The SMILES string of the molecule is CC(C)Cc1ccc(C(=O)CCC#N)cc1. The summed E-state index contributed by atoms with van der Waals surface area (Å²) in [5.74, 6) is 0.679. The molecule has 1 aromatic rings. The lowest BCUT2D eigenvalue weighted by Crippen LogP contribution is -1.99. The molecular weight excluding hydrogens is 198 g/mol. The van der Waals surface area contributed by atoms with Crippen molar-refractivity contribution in [1.82, 2.24) is 0 Å². The molecule has 0 aromatic heterocycles. The average Bonchev–Trinajstić information content (AvgIpc) is 2.26. The highest BCUT2D eigenvalue weighted by molar-refractivity contribution is 5.96. The standard InChI is InChI=1S/C14H17NO/c1-11(2)10-12-5-7-13(8-6-12)14(16)4-3-9-15/h5-8,11H,3-4,10H2,1-2H3.